The van der Waals surface area contributed by atoms with Crippen LogP contribution < -0.4 is 10.1 Å². The molecule has 2 heterocycles. The molecular weight excluding hydrogens is 360 g/mol. The fraction of sp³-hybridized carbons (Fsp3) is 0.429. The summed E-state index contributed by atoms with van der Waals surface area (Å²) in [7, 11) is 1.65. The number of nitrogens with zero attached hydrogens (tertiary/aromatic N) is 1. The van der Waals surface area contributed by atoms with E-state index < -0.39 is 0 Å². The fourth-order valence-corrected chi connectivity index (χ4v) is 4.26. The maximum absolute atomic E-state index is 12.9. The number of benzene rings is 1. The van der Waals surface area contributed by atoms with Gasteiger partial charge < -0.3 is 15.0 Å². The Labute approximate surface area is 164 Å². The summed E-state index contributed by atoms with van der Waals surface area (Å²) in [6.45, 7) is 2.72. The van der Waals surface area contributed by atoms with Crippen LogP contribution in [0.25, 0.3) is 0 Å². The van der Waals surface area contributed by atoms with Crippen LogP contribution in [0.5, 0.6) is 5.75 Å². The van der Waals surface area contributed by atoms with E-state index in [4.69, 9.17) is 4.74 Å². The number of carbonyl (C=O) groups is 2. The van der Waals surface area contributed by atoms with Crippen LogP contribution in [-0.2, 0) is 4.79 Å². The molecule has 5 nitrogen and oxygen atoms in total. The molecule has 1 N–H and O–H groups in total. The largest absolute Gasteiger partial charge is 0.497 e. The number of hydrogen-bond acceptors (Lipinski definition) is 4. The van der Waals surface area contributed by atoms with Crippen LogP contribution in [0.1, 0.15) is 51.8 Å². The Morgan fingerprint density at radius 1 is 1.15 bits per heavy atom. The summed E-state index contributed by atoms with van der Waals surface area (Å²) in [4.78, 5) is 28.8. The van der Waals surface area contributed by atoms with Gasteiger partial charge in [-0.1, -0.05) is 25.0 Å². The van der Waals surface area contributed by atoms with E-state index in [-0.39, 0.29) is 24.4 Å². The van der Waals surface area contributed by atoms with E-state index in [2.05, 4.69) is 5.32 Å². The molecular formula is C21H26N2O3S. The van der Waals surface area contributed by atoms with Crippen molar-refractivity contribution in [1.82, 2.24) is 10.2 Å². The summed E-state index contributed by atoms with van der Waals surface area (Å²) in [5.74, 6) is 0.598. The van der Waals surface area contributed by atoms with Crippen LogP contribution in [0.4, 0.5) is 0 Å². The van der Waals surface area contributed by atoms with Crippen molar-refractivity contribution in [3.8, 4) is 5.75 Å². The van der Waals surface area contributed by atoms with Crippen molar-refractivity contribution in [3.63, 3.8) is 0 Å². The Hall–Kier alpha value is -2.34. The summed E-state index contributed by atoms with van der Waals surface area (Å²) in [6.07, 6.45) is 4.16. The number of ether oxygens (including phenoxy) is 1. The second-order valence-electron chi connectivity index (χ2n) is 6.82. The Balaban J connectivity index is 1.68. The lowest BCUT2D eigenvalue weighted by molar-refractivity contribution is -0.132. The van der Waals surface area contributed by atoms with Gasteiger partial charge in [-0.3, -0.25) is 9.59 Å². The van der Waals surface area contributed by atoms with Gasteiger partial charge >= 0.3 is 0 Å². The normalized spacial score (nSPS) is 17.3. The third-order valence-corrected chi connectivity index (χ3v) is 5.94. The molecule has 1 saturated heterocycles. The molecule has 1 atom stereocenters. The van der Waals surface area contributed by atoms with Crippen molar-refractivity contribution >= 4 is 23.2 Å². The lowest BCUT2D eigenvalue weighted by atomic mass is 10.0. The zero-order valence-electron chi connectivity index (χ0n) is 15.9. The SMILES string of the molecule is COc1ccc([C@H]2CCCCCN2C(=O)CNC(=O)c2ccc(C)s2)cc1. The van der Waals surface area contributed by atoms with Gasteiger partial charge in [0.15, 0.2) is 0 Å². The van der Waals surface area contributed by atoms with Crippen LogP contribution in [0.15, 0.2) is 36.4 Å². The maximum Gasteiger partial charge on any atom is 0.261 e. The highest BCUT2D eigenvalue weighted by atomic mass is 32.1. The lowest BCUT2D eigenvalue weighted by Crippen LogP contribution is -2.42. The summed E-state index contributed by atoms with van der Waals surface area (Å²) in [6, 6.07) is 11.7. The fourth-order valence-electron chi connectivity index (χ4n) is 3.48. The molecule has 0 bridgehead atoms. The molecule has 27 heavy (non-hydrogen) atoms. The first kappa shape index (κ1) is 19.4. The molecule has 0 radical (unpaired) electrons. The minimum atomic E-state index is -0.183. The molecule has 144 valence electrons. The smallest absolute Gasteiger partial charge is 0.261 e. The van der Waals surface area contributed by atoms with Crippen molar-refractivity contribution < 1.29 is 14.3 Å². The number of carbonyl (C=O) groups excluding carboxylic acids is 2. The lowest BCUT2D eigenvalue weighted by Gasteiger charge is -2.30. The van der Waals surface area contributed by atoms with E-state index >= 15 is 0 Å². The number of amides is 2. The molecule has 1 aliphatic rings. The summed E-state index contributed by atoms with van der Waals surface area (Å²) in [5.41, 5.74) is 1.12. The zero-order chi connectivity index (χ0) is 19.2. The van der Waals surface area contributed by atoms with Gasteiger partial charge in [0, 0.05) is 11.4 Å². The standard InChI is InChI=1S/C21H26N2O3S/c1-15-7-12-19(27-15)21(25)22-14-20(24)23-13-5-3-4-6-18(23)16-8-10-17(26-2)11-9-16/h7-12,18H,3-6,13-14H2,1-2H3,(H,22,25)/t18-/m1/s1. The van der Waals surface area contributed by atoms with Crippen molar-refractivity contribution in [2.45, 2.75) is 38.6 Å². The number of likely N-dealkylation sites (tertiary alicyclic amines) is 1. The van der Waals surface area contributed by atoms with Gasteiger partial charge in [-0.05, 0) is 49.6 Å². The topological polar surface area (TPSA) is 58.6 Å². The van der Waals surface area contributed by atoms with E-state index in [1.807, 2.05) is 42.2 Å². The van der Waals surface area contributed by atoms with Crippen molar-refractivity contribution in [2.75, 3.05) is 20.2 Å². The van der Waals surface area contributed by atoms with Gasteiger partial charge in [0.25, 0.3) is 5.91 Å². The molecule has 0 saturated carbocycles. The van der Waals surface area contributed by atoms with Crippen molar-refractivity contribution in [1.29, 1.82) is 0 Å². The highest BCUT2D eigenvalue weighted by molar-refractivity contribution is 7.13. The Morgan fingerprint density at radius 2 is 1.93 bits per heavy atom. The molecule has 2 amide bonds. The predicted molar refractivity (Wildman–Crippen MR) is 107 cm³/mol. The van der Waals surface area contributed by atoms with Crippen molar-refractivity contribution in [2.24, 2.45) is 0 Å². The van der Waals surface area contributed by atoms with Gasteiger partial charge in [-0.15, -0.1) is 11.3 Å². The Kier molecular flexibility index (Phi) is 6.50. The minimum Gasteiger partial charge on any atom is -0.497 e. The van der Waals surface area contributed by atoms with E-state index in [1.54, 1.807) is 13.2 Å². The van der Waals surface area contributed by atoms with Crippen LogP contribution >= 0.6 is 11.3 Å². The summed E-state index contributed by atoms with van der Waals surface area (Å²) in [5, 5.41) is 2.78. The summed E-state index contributed by atoms with van der Waals surface area (Å²) < 4.78 is 5.24. The van der Waals surface area contributed by atoms with Gasteiger partial charge in [0.2, 0.25) is 5.91 Å². The number of aryl methyl sites for hydroxylation is 1. The molecule has 1 aromatic carbocycles. The van der Waals surface area contributed by atoms with Crippen LogP contribution in [-0.4, -0.2) is 36.9 Å². The average molecular weight is 387 g/mol. The molecule has 0 spiro atoms. The van der Waals surface area contributed by atoms with E-state index in [0.717, 1.165) is 48.4 Å². The first-order chi connectivity index (χ1) is 13.1. The van der Waals surface area contributed by atoms with E-state index in [1.165, 1.54) is 11.3 Å². The third-order valence-electron chi connectivity index (χ3n) is 4.94. The van der Waals surface area contributed by atoms with Gasteiger partial charge in [0.1, 0.15) is 5.75 Å². The maximum atomic E-state index is 12.9. The quantitative estimate of drug-likeness (QED) is 0.847. The Morgan fingerprint density at radius 3 is 2.59 bits per heavy atom. The minimum absolute atomic E-state index is 0.0284. The molecule has 3 rings (SSSR count). The molecule has 0 unspecified atom stereocenters. The number of rotatable bonds is 5. The molecule has 6 heteroatoms. The monoisotopic (exact) mass is 386 g/mol. The second-order valence-corrected chi connectivity index (χ2v) is 8.11. The van der Waals surface area contributed by atoms with Crippen LogP contribution in [0, 0.1) is 6.92 Å². The molecule has 1 fully saturated rings. The van der Waals surface area contributed by atoms with Gasteiger partial charge in [0.05, 0.1) is 24.6 Å². The molecule has 2 aromatic rings. The summed E-state index contributed by atoms with van der Waals surface area (Å²) >= 11 is 1.44. The van der Waals surface area contributed by atoms with E-state index in [9.17, 15) is 9.59 Å². The first-order valence-corrected chi connectivity index (χ1v) is 10.2. The Bertz CT molecular complexity index is 785. The number of thiophene rings is 1. The average Bonchev–Trinajstić information content (AvgIpc) is 2.98. The third kappa shape index (κ3) is 4.89. The van der Waals surface area contributed by atoms with Crippen molar-refractivity contribution in [3.05, 3.63) is 51.7 Å². The predicted octanol–water partition coefficient (Wildman–Crippen LogP) is 3.94. The number of methoxy groups -OCH3 is 1. The number of nitrogens with one attached hydrogen (secondary N) is 1. The molecule has 1 aliphatic heterocycles. The van der Waals surface area contributed by atoms with Crippen LogP contribution in [0.3, 0.4) is 0 Å². The van der Waals surface area contributed by atoms with Crippen LogP contribution in [0.2, 0.25) is 0 Å². The zero-order valence-corrected chi connectivity index (χ0v) is 16.7. The van der Waals surface area contributed by atoms with Gasteiger partial charge in [-0.25, -0.2) is 0 Å². The highest BCUT2D eigenvalue weighted by Crippen LogP contribution is 2.31. The molecule has 1 aromatic heterocycles. The van der Waals surface area contributed by atoms with E-state index in [0.29, 0.717) is 4.88 Å². The second kappa shape index (κ2) is 9.04. The number of hydrogen-bond donors (Lipinski definition) is 1. The first-order valence-electron chi connectivity index (χ1n) is 9.36. The van der Waals surface area contributed by atoms with Gasteiger partial charge in [-0.2, -0.15) is 0 Å². The highest BCUT2D eigenvalue weighted by Gasteiger charge is 2.27. The molecule has 0 aliphatic carbocycles.